The predicted octanol–water partition coefficient (Wildman–Crippen LogP) is 3.16. The Morgan fingerprint density at radius 1 is 1.12 bits per heavy atom. The fraction of sp³-hybridized carbons (Fsp3) is 0.263. The number of halogens is 2. The molecule has 0 spiro atoms. The first-order valence-corrected chi connectivity index (χ1v) is 7.97. The summed E-state index contributed by atoms with van der Waals surface area (Å²) in [6, 6.07) is 11.4. The molecule has 0 heterocycles. The van der Waals surface area contributed by atoms with Gasteiger partial charge in [-0.15, -0.1) is 12.4 Å². The summed E-state index contributed by atoms with van der Waals surface area (Å²) in [7, 11) is 1.36. The minimum absolute atomic E-state index is 0. The summed E-state index contributed by atoms with van der Waals surface area (Å²) in [6.45, 7) is 0.480. The van der Waals surface area contributed by atoms with Gasteiger partial charge in [-0.25, -0.2) is 4.39 Å². The van der Waals surface area contributed by atoms with Crippen LogP contribution in [0.1, 0.15) is 28.8 Å². The predicted molar refractivity (Wildman–Crippen MR) is 101 cm³/mol. The first-order valence-electron chi connectivity index (χ1n) is 7.97. The molecule has 140 valence electrons. The standard InChI is InChI=1S/C19H21FN2O3.ClH/c1-25-18-8-4-14(12-16(18)20)17(23)7-9-19(24)22-11-10-13-2-5-15(21)6-3-13;/h2-6,8,12H,7,9-11,21H2,1H3,(H,22,24);1H. The van der Waals surface area contributed by atoms with E-state index in [4.69, 9.17) is 10.5 Å². The third-order valence-corrected chi connectivity index (χ3v) is 3.77. The van der Waals surface area contributed by atoms with Crippen molar-refractivity contribution >= 4 is 29.8 Å². The van der Waals surface area contributed by atoms with Crippen LogP contribution in [-0.4, -0.2) is 25.3 Å². The average Bonchev–Trinajstić information content (AvgIpc) is 2.61. The van der Waals surface area contributed by atoms with E-state index in [-0.39, 0.29) is 48.3 Å². The minimum atomic E-state index is -0.596. The molecule has 0 saturated carbocycles. The molecule has 1 amide bonds. The van der Waals surface area contributed by atoms with Crippen LogP contribution in [0.2, 0.25) is 0 Å². The molecule has 0 fully saturated rings. The number of nitrogens with two attached hydrogens (primary N) is 1. The van der Waals surface area contributed by atoms with E-state index in [9.17, 15) is 14.0 Å². The first-order chi connectivity index (χ1) is 12.0. The number of hydrogen-bond donors (Lipinski definition) is 2. The molecule has 7 heteroatoms. The number of ketones is 1. The highest BCUT2D eigenvalue weighted by Crippen LogP contribution is 2.18. The van der Waals surface area contributed by atoms with Gasteiger partial charge in [0, 0.05) is 30.6 Å². The van der Waals surface area contributed by atoms with Crippen molar-refractivity contribution in [3.63, 3.8) is 0 Å². The Balaban J connectivity index is 0.00000338. The topological polar surface area (TPSA) is 81.4 Å². The fourth-order valence-electron chi connectivity index (χ4n) is 2.33. The number of nitrogen functional groups attached to an aromatic ring is 1. The molecular weight excluding hydrogens is 359 g/mol. The maximum atomic E-state index is 13.6. The van der Waals surface area contributed by atoms with Gasteiger partial charge in [-0.05, 0) is 42.3 Å². The lowest BCUT2D eigenvalue weighted by Gasteiger charge is -2.07. The second-order valence-corrected chi connectivity index (χ2v) is 5.61. The highest BCUT2D eigenvalue weighted by Gasteiger charge is 2.12. The van der Waals surface area contributed by atoms with Crippen molar-refractivity contribution in [2.45, 2.75) is 19.3 Å². The van der Waals surface area contributed by atoms with Crippen molar-refractivity contribution in [1.29, 1.82) is 0 Å². The number of carbonyl (C=O) groups excluding carboxylic acids is 2. The smallest absolute Gasteiger partial charge is 0.220 e. The maximum absolute atomic E-state index is 13.6. The van der Waals surface area contributed by atoms with Crippen LogP contribution in [0.15, 0.2) is 42.5 Å². The highest BCUT2D eigenvalue weighted by atomic mass is 35.5. The summed E-state index contributed by atoms with van der Waals surface area (Å²) >= 11 is 0. The third-order valence-electron chi connectivity index (χ3n) is 3.77. The Hall–Kier alpha value is -2.60. The highest BCUT2D eigenvalue weighted by molar-refractivity contribution is 5.98. The summed E-state index contributed by atoms with van der Waals surface area (Å²) < 4.78 is 18.4. The summed E-state index contributed by atoms with van der Waals surface area (Å²) in [5.41, 5.74) is 7.61. The zero-order chi connectivity index (χ0) is 18.2. The van der Waals surface area contributed by atoms with E-state index in [0.29, 0.717) is 18.7 Å². The molecule has 0 aliphatic heterocycles. The molecule has 2 rings (SSSR count). The van der Waals surface area contributed by atoms with Gasteiger partial charge in [-0.2, -0.15) is 0 Å². The van der Waals surface area contributed by atoms with Gasteiger partial charge in [0.1, 0.15) is 0 Å². The minimum Gasteiger partial charge on any atom is -0.494 e. The second kappa shape index (κ2) is 10.4. The van der Waals surface area contributed by atoms with Gasteiger partial charge in [0.15, 0.2) is 17.3 Å². The molecule has 0 radical (unpaired) electrons. The van der Waals surface area contributed by atoms with Gasteiger partial charge in [0.05, 0.1) is 7.11 Å². The molecule has 0 saturated heterocycles. The molecule has 2 aromatic rings. The number of amides is 1. The molecule has 26 heavy (non-hydrogen) atoms. The summed E-state index contributed by atoms with van der Waals surface area (Å²) in [4.78, 5) is 23.8. The van der Waals surface area contributed by atoms with E-state index in [2.05, 4.69) is 5.32 Å². The van der Waals surface area contributed by atoms with E-state index < -0.39 is 5.82 Å². The Labute approximate surface area is 158 Å². The van der Waals surface area contributed by atoms with Crippen LogP contribution >= 0.6 is 12.4 Å². The summed E-state index contributed by atoms with van der Waals surface area (Å²) in [5, 5.41) is 2.77. The van der Waals surface area contributed by atoms with Crippen LogP contribution in [0.5, 0.6) is 5.75 Å². The number of hydrogen-bond acceptors (Lipinski definition) is 4. The quantitative estimate of drug-likeness (QED) is 0.544. The number of methoxy groups -OCH3 is 1. The van der Waals surface area contributed by atoms with Crippen molar-refractivity contribution in [2.75, 3.05) is 19.4 Å². The lowest BCUT2D eigenvalue weighted by atomic mass is 10.1. The average molecular weight is 381 g/mol. The van der Waals surface area contributed by atoms with Gasteiger partial charge < -0.3 is 15.8 Å². The van der Waals surface area contributed by atoms with Gasteiger partial charge >= 0.3 is 0 Å². The van der Waals surface area contributed by atoms with E-state index in [1.54, 1.807) is 0 Å². The molecule has 0 aliphatic carbocycles. The van der Waals surface area contributed by atoms with Crippen molar-refractivity contribution in [3.8, 4) is 5.75 Å². The van der Waals surface area contributed by atoms with Gasteiger partial charge in [0.2, 0.25) is 5.91 Å². The van der Waals surface area contributed by atoms with Crippen molar-refractivity contribution in [3.05, 3.63) is 59.4 Å². The lowest BCUT2D eigenvalue weighted by Crippen LogP contribution is -2.26. The van der Waals surface area contributed by atoms with E-state index in [1.807, 2.05) is 24.3 Å². The van der Waals surface area contributed by atoms with Crippen LogP contribution in [0.25, 0.3) is 0 Å². The third kappa shape index (κ3) is 6.37. The zero-order valence-electron chi connectivity index (χ0n) is 14.5. The number of carbonyl (C=O) groups is 2. The Kier molecular flexibility index (Phi) is 8.58. The van der Waals surface area contributed by atoms with Gasteiger partial charge in [-0.1, -0.05) is 12.1 Å². The zero-order valence-corrected chi connectivity index (χ0v) is 15.3. The Bertz CT molecular complexity index is 751. The number of rotatable bonds is 8. The molecule has 0 aromatic heterocycles. The monoisotopic (exact) mass is 380 g/mol. The SMILES string of the molecule is COc1ccc(C(=O)CCC(=O)NCCc2ccc(N)cc2)cc1F.Cl. The van der Waals surface area contributed by atoms with Crippen LogP contribution < -0.4 is 15.8 Å². The number of ether oxygens (including phenoxy) is 1. The molecule has 0 unspecified atom stereocenters. The van der Waals surface area contributed by atoms with E-state index in [0.717, 1.165) is 11.6 Å². The molecular formula is C19H22ClFN2O3. The molecule has 0 atom stereocenters. The largest absolute Gasteiger partial charge is 0.494 e. The molecule has 3 N–H and O–H groups in total. The first kappa shape index (κ1) is 21.4. The summed E-state index contributed by atoms with van der Waals surface area (Å²) in [5.74, 6) is -1.01. The maximum Gasteiger partial charge on any atom is 0.220 e. The van der Waals surface area contributed by atoms with E-state index in [1.165, 1.54) is 19.2 Å². The van der Waals surface area contributed by atoms with Crippen LogP contribution in [0, 0.1) is 5.82 Å². The van der Waals surface area contributed by atoms with Gasteiger partial charge in [0.25, 0.3) is 0 Å². The van der Waals surface area contributed by atoms with Crippen molar-refractivity contribution in [2.24, 2.45) is 0 Å². The number of nitrogens with one attached hydrogen (secondary N) is 1. The Morgan fingerprint density at radius 3 is 2.42 bits per heavy atom. The molecule has 0 bridgehead atoms. The van der Waals surface area contributed by atoms with E-state index >= 15 is 0 Å². The van der Waals surface area contributed by atoms with Crippen LogP contribution in [0.4, 0.5) is 10.1 Å². The second-order valence-electron chi connectivity index (χ2n) is 5.61. The molecule has 0 aliphatic rings. The number of benzene rings is 2. The summed E-state index contributed by atoms with van der Waals surface area (Å²) in [6.07, 6.45) is 0.775. The molecule has 5 nitrogen and oxygen atoms in total. The van der Waals surface area contributed by atoms with Crippen molar-refractivity contribution in [1.82, 2.24) is 5.32 Å². The van der Waals surface area contributed by atoms with Gasteiger partial charge in [-0.3, -0.25) is 9.59 Å². The fourth-order valence-corrected chi connectivity index (χ4v) is 2.33. The normalized spacial score (nSPS) is 9.92. The van der Waals surface area contributed by atoms with Crippen molar-refractivity contribution < 1.29 is 18.7 Å². The number of Topliss-reactive ketones (excluding diaryl/α,β-unsaturated/α-hetero) is 1. The van der Waals surface area contributed by atoms with Crippen LogP contribution in [-0.2, 0) is 11.2 Å². The molecule has 2 aromatic carbocycles. The lowest BCUT2D eigenvalue weighted by molar-refractivity contribution is -0.121. The Morgan fingerprint density at radius 2 is 1.81 bits per heavy atom. The van der Waals surface area contributed by atoms with Crippen LogP contribution in [0.3, 0.4) is 0 Å². The number of anilines is 1.